The van der Waals surface area contributed by atoms with Gasteiger partial charge in [-0.1, -0.05) is 6.92 Å². The largest absolute Gasteiger partial charge is 0.434 e. The van der Waals surface area contributed by atoms with Gasteiger partial charge in [0, 0.05) is 46.9 Å². The number of hydrogen-bond acceptors (Lipinski definition) is 8. The van der Waals surface area contributed by atoms with Crippen molar-refractivity contribution in [1.29, 1.82) is 0 Å². The summed E-state index contributed by atoms with van der Waals surface area (Å²) in [5.41, 5.74) is 8.21. The number of anilines is 1. The van der Waals surface area contributed by atoms with Gasteiger partial charge >= 0.3 is 6.61 Å². The SMILES string of the molecule is CC1CNc2cc(OC(F)F)c(C3NNC=C3NC(=O)c3cnn4cccnc34)cc2S1. The Kier molecular flexibility index (Phi) is 5.31. The zero-order valence-electron chi connectivity index (χ0n) is 16.8. The highest BCUT2D eigenvalue weighted by Gasteiger charge is 2.30. The molecule has 32 heavy (non-hydrogen) atoms. The van der Waals surface area contributed by atoms with Crippen LogP contribution in [0.3, 0.4) is 0 Å². The monoisotopic (exact) mass is 459 g/mol. The average Bonchev–Trinajstić information content (AvgIpc) is 3.40. The Hall–Kier alpha value is -3.38. The maximum atomic E-state index is 13.1. The molecule has 1 aromatic carbocycles. The topological polar surface area (TPSA) is 105 Å². The molecular weight excluding hydrogens is 440 g/mol. The molecule has 4 heterocycles. The van der Waals surface area contributed by atoms with Crippen LogP contribution in [-0.4, -0.2) is 38.9 Å². The maximum absolute atomic E-state index is 13.1. The fourth-order valence-electron chi connectivity index (χ4n) is 3.65. The summed E-state index contributed by atoms with van der Waals surface area (Å²) in [7, 11) is 0. The summed E-state index contributed by atoms with van der Waals surface area (Å²) in [6.45, 7) is -0.179. The Bertz CT molecular complexity index is 1220. The number of fused-ring (bicyclic) bond motifs is 2. The summed E-state index contributed by atoms with van der Waals surface area (Å²) in [6, 6.07) is 4.47. The van der Waals surface area contributed by atoms with Crippen LogP contribution in [-0.2, 0) is 0 Å². The smallest absolute Gasteiger partial charge is 0.387 e. The number of hydrazine groups is 1. The van der Waals surface area contributed by atoms with E-state index < -0.39 is 18.6 Å². The van der Waals surface area contributed by atoms with Gasteiger partial charge in [-0.25, -0.2) is 14.9 Å². The van der Waals surface area contributed by atoms with Crippen molar-refractivity contribution in [3.8, 4) is 5.75 Å². The van der Waals surface area contributed by atoms with Gasteiger partial charge in [-0.2, -0.15) is 13.9 Å². The fourth-order valence-corrected chi connectivity index (χ4v) is 4.70. The lowest BCUT2D eigenvalue weighted by atomic mass is 10.0. The zero-order chi connectivity index (χ0) is 22.2. The molecule has 3 aromatic rings. The van der Waals surface area contributed by atoms with E-state index in [0.717, 1.165) is 17.1 Å². The predicted molar refractivity (Wildman–Crippen MR) is 114 cm³/mol. The molecule has 0 aliphatic carbocycles. The first-order valence-electron chi connectivity index (χ1n) is 9.83. The van der Waals surface area contributed by atoms with Gasteiger partial charge in [-0.05, 0) is 12.1 Å². The van der Waals surface area contributed by atoms with Gasteiger partial charge in [-0.15, -0.1) is 11.8 Å². The third kappa shape index (κ3) is 3.82. The molecule has 9 nitrogen and oxygen atoms in total. The molecule has 0 radical (unpaired) electrons. The number of benzene rings is 1. The number of alkyl halides is 2. The maximum Gasteiger partial charge on any atom is 0.387 e. The van der Waals surface area contributed by atoms with E-state index in [2.05, 4.69) is 38.5 Å². The fraction of sp³-hybridized carbons (Fsp3) is 0.250. The summed E-state index contributed by atoms with van der Waals surface area (Å²) in [6.07, 6.45) is 6.26. The number of nitrogens with one attached hydrogen (secondary N) is 4. The van der Waals surface area contributed by atoms with E-state index in [4.69, 9.17) is 4.74 Å². The Morgan fingerprint density at radius 3 is 3.12 bits per heavy atom. The molecule has 0 saturated heterocycles. The van der Waals surface area contributed by atoms with Gasteiger partial charge in [0.1, 0.15) is 11.3 Å². The first kappa shape index (κ1) is 20.5. The van der Waals surface area contributed by atoms with Crippen molar-refractivity contribution >= 4 is 29.0 Å². The van der Waals surface area contributed by atoms with Crippen LogP contribution in [0, 0.1) is 0 Å². The number of ether oxygens (including phenoxy) is 1. The number of amides is 1. The molecule has 4 N–H and O–H groups in total. The van der Waals surface area contributed by atoms with E-state index in [9.17, 15) is 13.6 Å². The van der Waals surface area contributed by atoms with Gasteiger partial charge < -0.3 is 20.8 Å². The Balaban J connectivity index is 1.46. The van der Waals surface area contributed by atoms with Gasteiger partial charge in [0.2, 0.25) is 0 Å². The molecule has 2 aliphatic heterocycles. The second-order valence-electron chi connectivity index (χ2n) is 7.30. The first-order valence-corrected chi connectivity index (χ1v) is 10.7. The van der Waals surface area contributed by atoms with Gasteiger partial charge in [-0.3, -0.25) is 4.79 Å². The van der Waals surface area contributed by atoms with Crippen molar-refractivity contribution in [2.45, 2.75) is 29.7 Å². The van der Waals surface area contributed by atoms with Crippen LogP contribution in [0.4, 0.5) is 14.5 Å². The van der Waals surface area contributed by atoms with Gasteiger partial charge in [0.15, 0.2) is 5.65 Å². The quantitative estimate of drug-likeness (QED) is 0.462. The lowest BCUT2D eigenvalue weighted by molar-refractivity contribution is -0.0506. The van der Waals surface area contributed by atoms with Crippen molar-refractivity contribution < 1.29 is 18.3 Å². The standard InChI is InChI=1S/C20H19F2N7O2S/c1-10-7-24-13-6-15(31-20(21)22)11(5-16(13)32-10)17-14(9-25-28-17)27-19(30)12-8-26-29-4-2-3-23-18(12)29/h2-6,8-10,17,20,24-25,28H,7H2,1H3,(H,27,30). The number of hydrogen-bond donors (Lipinski definition) is 4. The lowest BCUT2D eigenvalue weighted by Crippen LogP contribution is -2.31. The van der Waals surface area contributed by atoms with E-state index in [-0.39, 0.29) is 5.75 Å². The molecule has 0 saturated carbocycles. The molecule has 1 amide bonds. The van der Waals surface area contributed by atoms with E-state index >= 15 is 0 Å². The molecule has 5 rings (SSSR count). The predicted octanol–water partition coefficient (Wildman–Crippen LogP) is 2.66. The molecule has 166 valence electrons. The summed E-state index contributed by atoms with van der Waals surface area (Å²) in [5, 5.41) is 10.5. The van der Waals surface area contributed by atoms with Crippen LogP contribution < -0.4 is 26.2 Å². The van der Waals surface area contributed by atoms with Crippen molar-refractivity contribution in [1.82, 2.24) is 30.8 Å². The highest BCUT2D eigenvalue weighted by Crippen LogP contribution is 2.42. The minimum atomic E-state index is -2.98. The van der Waals surface area contributed by atoms with E-state index in [1.807, 2.05) is 6.07 Å². The number of rotatable bonds is 5. The molecule has 0 fully saturated rings. The highest BCUT2D eigenvalue weighted by molar-refractivity contribution is 8.00. The van der Waals surface area contributed by atoms with Gasteiger partial charge in [0.05, 0.1) is 23.6 Å². The second kappa shape index (κ2) is 8.28. The van der Waals surface area contributed by atoms with Crippen LogP contribution in [0.25, 0.3) is 5.65 Å². The average molecular weight is 459 g/mol. The van der Waals surface area contributed by atoms with E-state index in [0.29, 0.717) is 27.7 Å². The summed E-state index contributed by atoms with van der Waals surface area (Å²) < 4.78 is 32.6. The summed E-state index contributed by atoms with van der Waals surface area (Å²) in [5.74, 6) is -0.389. The number of carbonyl (C=O) groups excluding carboxylic acids is 1. The Morgan fingerprint density at radius 1 is 1.41 bits per heavy atom. The summed E-state index contributed by atoms with van der Waals surface area (Å²) in [4.78, 5) is 18.0. The van der Waals surface area contributed by atoms with Gasteiger partial charge in [0.25, 0.3) is 5.91 Å². The van der Waals surface area contributed by atoms with E-state index in [1.165, 1.54) is 10.7 Å². The third-order valence-electron chi connectivity index (χ3n) is 5.10. The zero-order valence-corrected chi connectivity index (χ0v) is 17.6. The van der Waals surface area contributed by atoms with Crippen LogP contribution in [0.2, 0.25) is 0 Å². The van der Waals surface area contributed by atoms with Crippen LogP contribution >= 0.6 is 11.8 Å². The van der Waals surface area contributed by atoms with Crippen molar-refractivity contribution in [2.24, 2.45) is 0 Å². The lowest BCUT2D eigenvalue weighted by Gasteiger charge is -2.26. The Morgan fingerprint density at radius 2 is 2.28 bits per heavy atom. The van der Waals surface area contributed by atoms with Crippen molar-refractivity contribution in [3.05, 3.63) is 59.8 Å². The molecule has 12 heteroatoms. The van der Waals surface area contributed by atoms with E-state index in [1.54, 1.807) is 42.5 Å². The summed E-state index contributed by atoms with van der Waals surface area (Å²) >= 11 is 1.65. The molecular formula is C20H19F2N7O2S. The second-order valence-corrected chi connectivity index (χ2v) is 8.78. The minimum absolute atomic E-state index is 0.0281. The highest BCUT2D eigenvalue weighted by atomic mass is 32.2. The third-order valence-corrected chi connectivity index (χ3v) is 6.26. The number of aromatic nitrogens is 3. The number of thioether (sulfide) groups is 1. The Labute approximate surface area is 185 Å². The van der Waals surface area contributed by atoms with Crippen LogP contribution in [0.5, 0.6) is 5.75 Å². The first-order chi connectivity index (χ1) is 15.5. The number of carbonyl (C=O) groups is 1. The number of nitrogens with zero attached hydrogens (tertiary/aromatic N) is 3. The normalized spacial score (nSPS) is 19.8. The number of halogens is 2. The molecule has 0 bridgehead atoms. The molecule has 2 aliphatic rings. The molecule has 2 atom stereocenters. The molecule has 2 unspecified atom stereocenters. The van der Waals surface area contributed by atoms with Crippen LogP contribution in [0.15, 0.2) is 53.6 Å². The van der Waals surface area contributed by atoms with Crippen LogP contribution in [0.1, 0.15) is 28.9 Å². The minimum Gasteiger partial charge on any atom is -0.434 e. The van der Waals surface area contributed by atoms with Crippen molar-refractivity contribution in [3.63, 3.8) is 0 Å². The molecule has 0 spiro atoms. The van der Waals surface area contributed by atoms with Crippen molar-refractivity contribution in [2.75, 3.05) is 11.9 Å². The molecule has 2 aromatic heterocycles.